The molecule has 3 aromatic rings. The number of pyridine rings is 2. The van der Waals surface area contributed by atoms with E-state index in [2.05, 4.69) is 20.0 Å². The van der Waals surface area contributed by atoms with Crippen LogP contribution >= 0.6 is 0 Å². The summed E-state index contributed by atoms with van der Waals surface area (Å²) in [5, 5.41) is 3.14. The van der Waals surface area contributed by atoms with Gasteiger partial charge in [0, 0.05) is 6.20 Å². The molecule has 0 aliphatic heterocycles. The van der Waals surface area contributed by atoms with E-state index in [0.29, 0.717) is 18.1 Å². The Bertz CT molecular complexity index is 925. The summed E-state index contributed by atoms with van der Waals surface area (Å²) in [4.78, 5) is 8.66. The maximum Gasteiger partial charge on any atom is 0.261 e. The van der Waals surface area contributed by atoms with Crippen molar-refractivity contribution in [3.8, 4) is 0 Å². The van der Waals surface area contributed by atoms with Crippen molar-refractivity contribution < 1.29 is 8.42 Å². The minimum absolute atomic E-state index is 0.218. The lowest BCUT2D eigenvalue weighted by molar-refractivity contribution is 0.601. The highest BCUT2D eigenvalue weighted by Crippen LogP contribution is 2.17. The highest BCUT2D eigenvalue weighted by molar-refractivity contribution is 7.92. The van der Waals surface area contributed by atoms with Gasteiger partial charge in [0.25, 0.3) is 10.0 Å². The first-order valence-corrected chi connectivity index (χ1v) is 9.20. The van der Waals surface area contributed by atoms with Gasteiger partial charge in [-0.3, -0.25) is 9.71 Å². The van der Waals surface area contributed by atoms with E-state index in [-0.39, 0.29) is 4.90 Å². The first kappa shape index (κ1) is 16.9. The highest BCUT2D eigenvalue weighted by Gasteiger charge is 2.13. The van der Waals surface area contributed by atoms with Crippen LogP contribution in [0.5, 0.6) is 0 Å². The second-order valence-corrected chi connectivity index (χ2v) is 7.21. The number of aryl methyl sites for hydroxylation is 1. The Balaban J connectivity index is 1.65. The second kappa shape index (κ2) is 7.31. The zero-order chi connectivity index (χ0) is 17.7. The van der Waals surface area contributed by atoms with Gasteiger partial charge in [0.2, 0.25) is 0 Å². The van der Waals surface area contributed by atoms with E-state index in [1.165, 1.54) is 6.20 Å². The number of benzene rings is 1. The predicted octanol–water partition coefficient (Wildman–Crippen LogP) is 3.20. The van der Waals surface area contributed by atoms with Crippen LogP contribution in [0.15, 0.2) is 71.9 Å². The third-order valence-electron chi connectivity index (χ3n) is 3.52. The van der Waals surface area contributed by atoms with Gasteiger partial charge < -0.3 is 5.32 Å². The Hall–Kier alpha value is -2.93. The number of hydrogen-bond acceptors (Lipinski definition) is 5. The molecular weight excluding hydrogens is 336 g/mol. The van der Waals surface area contributed by atoms with Crippen LogP contribution < -0.4 is 10.0 Å². The minimum Gasteiger partial charge on any atom is -0.364 e. The lowest BCUT2D eigenvalue weighted by Crippen LogP contribution is -2.13. The van der Waals surface area contributed by atoms with E-state index >= 15 is 0 Å². The van der Waals surface area contributed by atoms with Crippen molar-refractivity contribution in [1.82, 2.24) is 9.97 Å². The highest BCUT2D eigenvalue weighted by atomic mass is 32.2. The largest absolute Gasteiger partial charge is 0.364 e. The summed E-state index contributed by atoms with van der Waals surface area (Å²) in [6.45, 7) is 2.45. The first-order chi connectivity index (χ1) is 12.0. The molecule has 0 spiro atoms. The molecule has 0 aliphatic carbocycles. The summed E-state index contributed by atoms with van der Waals surface area (Å²) >= 11 is 0. The number of nitrogens with zero attached hydrogens (tertiary/aromatic N) is 2. The average molecular weight is 354 g/mol. The Labute approximate surface area is 147 Å². The number of nitrogens with one attached hydrogen (secondary N) is 2. The fourth-order valence-corrected chi connectivity index (χ4v) is 3.22. The molecule has 2 N–H and O–H groups in total. The molecule has 0 bridgehead atoms. The number of anilines is 2. The first-order valence-electron chi connectivity index (χ1n) is 7.72. The van der Waals surface area contributed by atoms with Gasteiger partial charge >= 0.3 is 0 Å². The zero-order valence-electron chi connectivity index (χ0n) is 13.7. The van der Waals surface area contributed by atoms with Crippen LogP contribution in [0.4, 0.5) is 11.5 Å². The van der Waals surface area contributed by atoms with Gasteiger partial charge in [-0.1, -0.05) is 23.8 Å². The fourth-order valence-electron chi connectivity index (χ4n) is 2.17. The molecule has 2 aromatic heterocycles. The lowest BCUT2D eigenvalue weighted by Gasteiger charge is -2.09. The third-order valence-corrected chi connectivity index (χ3v) is 4.92. The van der Waals surface area contributed by atoms with E-state index in [0.717, 1.165) is 11.3 Å². The van der Waals surface area contributed by atoms with Gasteiger partial charge in [0.15, 0.2) is 0 Å². The molecule has 3 rings (SSSR count). The molecule has 2 heterocycles. The molecule has 0 amide bonds. The Morgan fingerprint density at radius 2 is 1.76 bits per heavy atom. The van der Waals surface area contributed by atoms with E-state index in [9.17, 15) is 8.42 Å². The van der Waals surface area contributed by atoms with Crippen LogP contribution in [0.25, 0.3) is 0 Å². The molecule has 25 heavy (non-hydrogen) atoms. The summed E-state index contributed by atoms with van der Waals surface area (Å²) < 4.78 is 27.2. The molecule has 0 unspecified atom stereocenters. The standard InChI is InChI=1S/C18H18N4O2S/c1-14-5-8-17(9-6-14)25(23,24)22-16-7-10-18(21-13-16)20-12-15-4-2-3-11-19-15/h2-11,13,22H,12H2,1H3,(H,20,21). The molecular formula is C18H18N4O2S. The zero-order valence-corrected chi connectivity index (χ0v) is 14.5. The Morgan fingerprint density at radius 3 is 2.40 bits per heavy atom. The van der Waals surface area contributed by atoms with Crippen LogP contribution in [-0.4, -0.2) is 18.4 Å². The van der Waals surface area contributed by atoms with Crippen LogP contribution in [0.2, 0.25) is 0 Å². The van der Waals surface area contributed by atoms with Gasteiger partial charge in [0.05, 0.1) is 29.0 Å². The van der Waals surface area contributed by atoms with Gasteiger partial charge in [0.1, 0.15) is 5.82 Å². The molecule has 1 aromatic carbocycles. The van der Waals surface area contributed by atoms with Crippen LogP contribution in [0.1, 0.15) is 11.3 Å². The van der Waals surface area contributed by atoms with E-state index in [4.69, 9.17) is 0 Å². The molecule has 0 atom stereocenters. The quantitative estimate of drug-likeness (QED) is 0.710. The van der Waals surface area contributed by atoms with Crippen molar-refractivity contribution in [2.75, 3.05) is 10.0 Å². The summed E-state index contributed by atoms with van der Waals surface area (Å²) in [6.07, 6.45) is 3.21. The van der Waals surface area contributed by atoms with Gasteiger partial charge in [-0.15, -0.1) is 0 Å². The Kier molecular flexibility index (Phi) is 4.95. The third kappa shape index (κ3) is 4.54. The van der Waals surface area contributed by atoms with Crippen molar-refractivity contribution in [3.05, 3.63) is 78.2 Å². The average Bonchev–Trinajstić information content (AvgIpc) is 2.62. The lowest BCUT2D eigenvalue weighted by atomic mass is 10.2. The van der Waals surface area contributed by atoms with E-state index < -0.39 is 10.0 Å². The van der Waals surface area contributed by atoms with Crippen LogP contribution in [0.3, 0.4) is 0 Å². The van der Waals surface area contributed by atoms with Crippen molar-refractivity contribution in [2.45, 2.75) is 18.4 Å². The summed E-state index contributed by atoms with van der Waals surface area (Å²) in [6, 6.07) is 15.8. The molecule has 0 saturated heterocycles. The SMILES string of the molecule is Cc1ccc(S(=O)(=O)Nc2ccc(NCc3ccccn3)nc2)cc1. The minimum atomic E-state index is -3.62. The number of aromatic nitrogens is 2. The topological polar surface area (TPSA) is 84.0 Å². The summed E-state index contributed by atoms with van der Waals surface area (Å²) in [5.41, 5.74) is 2.31. The summed E-state index contributed by atoms with van der Waals surface area (Å²) in [5.74, 6) is 0.643. The smallest absolute Gasteiger partial charge is 0.261 e. The molecule has 0 aliphatic rings. The molecule has 6 nitrogen and oxygen atoms in total. The van der Waals surface area contributed by atoms with E-state index in [1.807, 2.05) is 25.1 Å². The monoisotopic (exact) mass is 354 g/mol. The van der Waals surface area contributed by atoms with Gasteiger partial charge in [-0.05, 0) is 43.3 Å². The normalized spacial score (nSPS) is 11.1. The van der Waals surface area contributed by atoms with Gasteiger partial charge in [-0.25, -0.2) is 13.4 Å². The van der Waals surface area contributed by atoms with Crippen LogP contribution in [0, 0.1) is 6.92 Å². The molecule has 128 valence electrons. The fraction of sp³-hybridized carbons (Fsp3) is 0.111. The maximum atomic E-state index is 12.3. The molecule has 0 fully saturated rings. The van der Waals surface area contributed by atoms with Crippen molar-refractivity contribution >= 4 is 21.5 Å². The Morgan fingerprint density at radius 1 is 0.960 bits per heavy atom. The van der Waals surface area contributed by atoms with Crippen LogP contribution in [-0.2, 0) is 16.6 Å². The predicted molar refractivity (Wildman–Crippen MR) is 97.8 cm³/mol. The number of sulfonamides is 1. The molecule has 0 saturated carbocycles. The second-order valence-electron chi connectivity index (χ2n) is 5.53. The van der Waals surface area contributed by atoms with Gasteiger partial charge in [-0.2, -0.15) is 0 Å². The van der Waals surface area contributed by atoms with Crippen molar-refractivity contribution in [2.24, 2.45) is 0 Å². The van der Waals surface area contributed by atoms with E-state index in [1.54, 1.807) is 42.6 Å². The maximum absolute atomic E-state index is 12.3. The number of hydrogen-bond donors (Lipinski definition) is 2. The molecule has 7 heteroatoms. The summed E-state index contributed by atoms with van der Waals surface area (Å²) in [7, 11) is -3.62. The molecule has 0 radical (unpaired) electrons. The van der Waals surface area contributed by atoms with Crippen molar-refractivity contribution in [3.63, 3.8) is 0 Å². The van der Waals surface area contributed by atoms with Crippen molar-refractivity contribution in [1.29, 1.82) is 0 Å². The number of rotatable bonds is 6.